The molecule has 0 aliphatic carbocycles. The first-order valence-corrected chi connectivity index (χ1v) is 12.0. The van der Waals surface area contributed by atoms with E-state index < -0.39 is 0 Å². The summed E-state index contributed by atoms with van der Waals surface area (Å²) in [4.78, 5) is 26.8. The summed E-state index contributed by atoms with van der Waals surface area (Å²) in [5.74, 6) is -0.294. The molecule has 0 unspecified atom stereocenters. The molecule has 36 heavy (non-hydrogen) atoms. The van der Waals surface area contributed by atoms with Crippen LogP contribution in [-0.4, -0.2) is 30.6 Å². The highest BCUT2D eigenvalue weighted by atomic mass is 16.5. The van der Waals surface area contributed by atoms with E-state index in [9.17, 15) is 9.59 Å². The standard InChI is InChI=1S/C31H28N2O3/c1-21-28(19-30(34)36-3)27-10-6-7-11-29(27)33(21)20-22-12-16-26(17-13-22)32(2)31(35)25-15-14-23-8-4-5-9-24(23)18-25/h4-18H,19-20H2,1-3H3. The molecule has 0 saturated carbocycles. The summed E-state index contributed by atoms with van der Waals surface area (Å²) in [6, 6.07) is 30.0. The lowest BCUT2D eigenvalue weighted by Crippen LogP contribution is -2.26. The summed E-state index contributed by atoms with van der Waals surface area (Å²) in [5.41, 5.74) is 5.73. The van der Waals surface area contributed by atoms with Gasteiger partial charge in [0.25, 0.3) is 5.91 Å². The Morgan fingerprint density at radius 1 is 0.861 bits per heavy atom. The van der Waals surface area contributed by atoms with Crippen molar-refractivity contribution in [3.05, 3.63) is 113 Å². The fourth-order valence-corrected chi connectivity index (χ4v) is 4.79. The van der Waals surface area contributed by atoms with Crippen molar-refractivity contribution in [3.63, 3.8) is 0 Å². The highest BCUT2D eigenvalue weighted by Crippen LogP contribution is 2.28. The van der Waals surface area contributed by atoms with Gasteiger partial charge in [-0.05, 0) is 59.2 Å². The molecule has 0 saturated heterocycles. The van der Waals surface area contributed by atoms with Gasteiger partial charge >= 0.3 is 5.97 Å². The number of carbonyl (C=O) groups is 2. The fraction of sp³-hybridized carbons (Fsp3) is 0.161. The minimum Gasteiger partial charge on any atom is -0.469 e. The number of methoxy groups -OCH3 is 1. The number of ether oxygens (including phenoxy) is 1. The lowest BCUT2D eigenvalue weighted by Gasteiger charge is -2.18. The predicted octanol–water partition coefficient (Wildman–Crippen LogP) is 6.14. The van der Waals surface area contributed by atoms with Gasteiger partial charge in [0.1, 0.15) is 0 Å². The lowest BCUT2D eigenvalue weighted by molar-refractivity contribution is -0.139. The average Bonchev–Trinajstić information content (AvgIpc) is 3.18. The second kappa shape index (κ2) is 9.70. The van der Waals surface area contributed by atoms with Crippen molar-refractivity contribution in [2.24, 2.45) is 0 Å². The van der Waals surface area contributed by atoms with E-state index in [0.29, 0.717) is 12.1 Å². The van der Waals surface area contributed by atoms with Crippen molar-refractivity contribution in [2.45, 2.75) is 19.9 Å². The summed E-state index contributed by atoms with van der Waals surface area (Å²) < 4.78 is 7.14. The van der Waals surface area contributed by atoms with Crippen LogP contribution in [0.5, 0.6) is 0 Å². The molecule has 1 heterocycles. The molecule has 0 spiro atoms. The Kier molecular flexibility index (Phi) is 6.30. The molecule has 4 aromatic carbocycles. The molecule has 0 radical (unpaired) electrons. The Balaban J connectivity index is 1.38. The number of carbonyl (C=O) groups excluding carboxylic acids is 2. The summed E-state index contributed by atoms with van der Waals surface area (Å²) in [6.07, 6.45) is 0.246. The Bertz CT molecular complexity index is 1580. The van der Waals surface area contributed by atoms with Gasteiger partial charge in [-0.25, -0.2) is 0 Å². The number of rotatable bonds is 6. The number of para-hydroxylation sites is 1. The maximum absolute atomic E-state index is 13.2. The molecule has 5 nitrogen and oxygen atoms in total. The van der Waals surface area contributed by atoms with Crippen LogP contribution in [0, 0.1) is 6.92 Å². The third-order valence-electron chi connectivity index (χ3n) is 6.88. The number of fused-ring (bicyclic) bond motifs is 2. The number of esters is 1. The summed E-state index contributed by atoms with van der Waals surface area (Å²) in [7, 11) is 3.22. The monoisotopic (exact) mass is 476 g/mol. The maximum atomic E-state index is 13.2. The Morgan fingerprint density at radius 3 is 2.31 bits per heavy atom. The van der Waals surface area contributed by atoms with E-state index in [0.717, 1.165) is 44.2 Å². The van der Waals surface area contributed by atoms with Gasteiger partial charge in [0.15, 0.2) is 0 Å². The second-order valence-electron chi connectivity index (χ2n) is 9.01. The molecule has 0 atom stereocenters. The zero-order valence-electron chi connectivity index (χ0n) is 20.7. The number of amides is 1. The van der Waals surface area contributed by atoms with Crippen molar-refractivity contribution in [3.8, 4) is 0 Å². The zero-order chi connectivity index (χ0) is 25.2. The quantitative estimate of drug-likeness (QED) is 0.277. The van der Waals surface area contributed by atoms with Crippen molar-refractivity contribution in [1.82, 2.24) is 4.57 Å². The van der Waals surface area contributed by atoms with Crippen LogP contribution >= 0.6 is 0 Å². The van der Waals surface area contributed by atoms with Crippen molar-refractivity contribution in [1.29, 1.82) is 0 Å². The molecule has 0 N–H and O–H groups in total. The van der Waals surface area contributed by atoms with Gasteiger partial charge in [-0.1, -0.05) is 60.7 Å². The van der Waals surface area contributed by atoms with E-state index in [1.54, 1.807) is 11.9 Å². The van der Waals surface area contributed by atoms with Gasteiger partial charge in [0.05, 0.1) is 13.5 Å². The number of benzene rings is 4. The zero-order valence-corrected chi connectivity index (χ0v) is 20.7. The number of anilines is 1. The molecular weight excluding hydrogens is 448 g/mol. The fourth-order valence-electron chi connectivity index (χ4n) is 4.79. The van der Waals surface area contributed by atoms with Crippen LogP contribution in [-0.2, 0) is 22.5 Å². The minimum atomic E-state index is -0.246. The average molecular weight is 477 g/mol. The van der Waals surface area contributed by atoms with E-state index in [2.05, 4.69) is 10.6 Å². The van der Waals surface area contributed by atoms with Crippen LogP contribution in [0.3, 0.4) is 0 Å². The summed E-state index contributed by atoms with van der Waals surface area (Å²) in [5, 5.41) is 3.23. The van der Waals surface area contributed by atoms with Crippen molar-refractivity contribution in [2.75, 3.05) is 19.1 Å². The second-order valence-corrected chi connectivity index (χ2v) is 9.01. The summed E-state index contributed by atoms with van der Waals surface area (Å²) >= 11 is 0. The third kappa shape index (κ3) is 4.36. The Labute approximate surface area is 210 Å². The van der Waals surface area contributed by atoms with Gasteiger partial charge < -0.3 is 14.2 Å². The molecule has 0 bridgehead atoms. The third-order valence-corrected chi connectivity index (χ3v) is 6.88. The van der Waals surface area contributed by atoms with E-state index in [1.165, 1.54) is 7.11 Å². The molecule has 0 aliphatic rings. The lowest BCUT2D eigenvalue weighted by atomic mass is 10.1. The summed E-state index contributed by atoms with van der Waals surface area (Å²) in [6.45, 7) is 2.71. The van der Waals surface area contributed by atoms with Crippen LogP contribution in [0.2, 0.25) is 0 Å². The largest absolute Gasteiger partial charge is 0.469 e. The number of hydrogen-bond acceptors (Lipinski definition) is 3. The van der Waals surface area contributed by atoms with Crippen LogP contribution in [0.25, 0.3) is 21.7 Å². The minimum absolute atomic E-state index is 0.0480. The van der Waals surface area contributed by atoms with Crippen LogP contribution in [0.15, 0.2) is 91.0 Å². The van der Waals surface area contributed by atoms with Gasteiger partial charge in [-0.3, -0.25) is 9.59 Å². The maximum Gasteiger partial charge on any atom is 0.310 e. The normalized spacial score (nSPS) is 11.1. The van der Waals surface area contributed by atoms with E-state index in [1.807, 2.05) is 91.9 Å². The number of nitrogens with zero attached hydrogens (tertiary/aromatic N) is 2. The van der Waals surface area contributed by atoms with Gasteiger partial charge in [-0.2, -0.15) is 0 Å². The van der Waals surface area contributed by atoms with Crippen molar-refractivity contribution >= 4 is 39.2 Å². The topological polar surface area (TPSA) is 51.5 Å². The van der Waals surface area contributed by atoms with Gasteiger partial charge in [0.2, 0.25) is 0 Å². The number of aromatic nitrogens is 1. The molecule has 5 heteroatoms. The molecule has 0 fully saturated rings. The van der Waals surface area contributed by atoms with E-state index in [-0.39, 0.29) is 18.3 Å². The highest BCUT2D eigenvalue weighted by Gasteiger charge is 2.18. The smallest absolute Gasteiger partial charge is 0.310 e. The SMILES string of the molecule is COC(=O)Cc1c(C)n(Cc2ccc(N(C)C(=O)c3ccc4ccccc4c3)cc2)c2ccccc12. The Hall–Kier alpha value is -4.38. The van der Waals surface area contributed by atoms with Gasteiger partial charge in [-0.15, -0.1) is 0 Å². The molecule has 5 aromatic rings. The predicted molar refractivity (Wildman–Crippen MR) is 145 cm³/mol. The molecule has 180 valence electrons. The molecule has 5 rings (SSSR count). The van der Waals surface area contributed by atoms with Crippen molar-refractivity contribution < 1.29 is 14.3 Å². The van der Waals surface area contributed by atoms with Crippen LogP contribution < -0.4 is 4.90 Å². The highest BCUT2D eigenvalue weighted by molar-refractivity contribution is 6.07. The molecule has 1 amide bonds. The van der Waals surface area contributed by atoms with Gasteiger partial charge in [0, 0.05) is 41.4 Å². The Morgan fingerprint density at radius 2 is 1.56 bits per heavy atom. The first-order valence-electron chi connectivity index (χ1n) is 12.0. The molecule has 0 aliphatic heterocycles. The van der Waals surface area contributed by atoms with Crippen LogP contribution in [0.4, 0.5) is 5.69 Å². The molecular formula is C31H28N2O3. The first kappa shape index (κ1) is 23.4. The van der Waals surface area contributed by atoms with E-state index >= 15 is 0 Å². The first-order chi connectivity index (χ1) is 17.5. The van der Waals surface area contributed by atoms with Crippen LogP contribution in [0.1, 0.15) is 27.2 Å². The van der Waals surface area contributed by atoms with E-state index in [4.69, 9.17) is 4.74 Å². The molecule has 1 aromatic heterocycles. The number of hydrogen-bond donors (Lipinski definition) is 0.